The molecule has 0 saturated carbocycles. The highest BCUT2D eigenvalue weighted by atomic mass is 19.4. The van der Waals surface area contributed by atoms with Gasteiger partial charge in [-0.15, -0.1) is 0 Å². The molecule has 50 heavy (non-hydrogen) atoms. The molecule has 7 nitrogen and oxygen atoms in total. The maximum absolute atomic E-state index is 16.2. The molecule has 2 atom stereocenters. The number of rotatable bonds is 3. The number of nitriles is 3. The summed E-state index contributed by atoms with van der Waals surface area (Å²) in [6.07, 6.45) is -22.9. The number of ether oxygens (including phenoxy) is 1. The molecule has 1 aromatic heterocycles. The average Bonchev–Trinajstić information content (AvgIpc) is 3.71. The Kier molecular flexibility index (Phi) is 7.88. The minimum atomic E-state index is -6.05. The number of fused-ring (bicyclic) bond motifs is 5. The lowest BCUT2D eigenvalue weighted by atomic mass is 10.1. The first-order valence-corrected chi connectivity index (χ1v) is 12.5. The fourth-order valence-electron chi connectivity index (χ4n) is 5.11. The average molecular weight is 729 g/mol. The minimum Gasteiger partial charge on any atom is -0.450 e. The molecule has 3 aromatic carbocycles. The van der Waals surface area contributed by atoms with Crippen molar-refractivity contribution in [1.29, 1.82) is 15.8 Å². The molecule has 1 saturated heterocycles. The SMILES string of the molecule is N#C/C(C(=O)C(F)(F)F)=c1/c(F)c2oc3c(F)/c(=C(\C#N)C(=O)C(F)(F)F)c(F)c3c3c(F)/c(=C(\C#N)C4OC4C(F)(F)F)c(F)c3c2c1F. The summed E-state index contributed by atoms with van der Waals surface area (Å²) in [5.41, 5.74) is -10.7. The van der Waals surface area contributed by atoms with Crippen molar-refractivity contribution in [3.05, 3.63) is 50.6 Å². The molecule has 2 heterocycles. The van der Waals surface area contributed by atoms with Gasteiger partial charge in [-0.05, 0) is 0 Å². The van der Waals surface area contributed by atoms with Crippen molar-refractivity contribution in [1.82, 2.24) is 0 Å². The molecule has 0 N–H and O–H groups in total. The lowest BCUT2D eigenvalue weighted by Crippen LogP contribution is -2.28. The highest BCUT2D eigenvalue weighted by molar-refractivity contribution is 6.25. The van der Waals surface area contributed by atoms with Gasteiger partial charge in [-0.1, -0.05) is 0 Å². The molecule has 0 radical (unpaired) electrons. The van der Waals surface area contributed by atoms with E-state index in [9.17, 15) is 54.4 Å². The Morgan fingerprint density at radius 2 is 0.900 bits per heavy atom. The molecule has 0 aliphatic carbocycles. The van der Waals surface area contributed by atoms with Crippen LogP contribution in [0.25, 0.3) is 49.4 Å². The molecular formula is C28H2F15N3O4. The van der Waals surface area contributed by atoms with E-state index in [2.05, 4.69) is 9.15 Å². The normalized spacial score (nSPS) is 18.5. The van der Waals surface area contributed by atoms with Crippen LogP contribution in [0.15, 0.2) is 4.42 Å². The van der Waals surface area contributed by atoms with Crippen LogP contribution in [0.4, 0.5) is 65.9 Å². The van der Waals surface area contributed by atoms with Crippen LogP contribution in [-0.4, -0.2) is 42.3 Å². The van der Waals surface area contributed by atoms with Gasteiger partial charge in [0.1, 0.15) is 52.7 Å². The minimum absolute atomic E-state index is 0.505. The van der Waals surface area contributed by atoms with Crippen molar-refractivity contribution < 1.29 is 84.6 Å². The monoisotopic (exact) mass is 729 g/mol. The zero-order valence-electron chi connectivity index (χ0n) is 22.8. The van der Waals surface area contributed by atoms with Crippen molar-refractivity contribution >= 4 is 61.0 Å². The first-order valence-electron chi connectivity index (χ1n) is 12.5. The zero-order chi connectivity index (χ0) is 37.7. The van der Waals surface area contributed by atoms with Crippen molar-refractivity contribution in [3.63, 3.8) is 0 Å². The maximum Gasteiger partial charge on any atom is 0.455 e. The second kappa shape index (κ2) is 11.1. The first-order chi connectivity index (χ1) is 23.0. The summed E-state index contributed by atoms with van der Waals surface area (Å²) in [6.45, 7) is 0. The number of ketones is 2. The van der Waals surface area contributed by atoms with Gasteiger partial charge in [-0.3, -0.25) is 9.59 Å². The Morgan fingerprint density at radius 3 is 1.18 bits per heavy atom. The Labute approximate surface area is 261 Å². The standard InChI is InChI=1S/C28H2F15N3O4/c29-14-7(4(1-44)20-25(50-20)28(41,42)43)15(30)11-10(14)12-16(31)8(5(2-45)23(47)26(35,36)37)18(33)21(12)49-22-13(11)17(32)9(19(22)34)6(3-46)24(48)27(38,39)40/h20,25H/b7-4-,8-5+,9-6-. The summed E-state index contributed by atoms with van der Waals surface area (Å²) in [4.78, 5) is 23.6. The number of Topliss-reactive ketones (excluding diaryl/α,β-unsaturated/α-hetero) is 2. The van der Waals surface area contributed by atoms with Gasteiger partial charge in [0.25, 0.3) is 11.6 Å². The number of carbonyl (C=O) groups is 2. The summed E-state index contributed by atoms with van der Waals surface area (Å²) in [5, 5.41) is 13.2. The van der Waals surface area contributed by atoms with Gasteiger partial charge >= 0.3 is 18.5 Å². The molecule has 2 unspecified atom stereocenters. The van der Waals surface area contributed by atoms with E-state index in [0.29, 0.717) is 12.1 Å². The fourth-order valence-corrected chi connectivity index (χ4v) is 5.11. The summed E-state index contributed by atoms with van der Waals surface area (Å²) >= 11 is 0. The summed E-state index contributed by atoms with van der Waals surface area (Å²) in [7, 11) is 0. The molecule has 1 aliphatic heterocycles. The predicted molar refractivity (Wildman–Crippen MR) is 129 cm³/mol. The van der Waals surface area contributed by atoms with E-state index < -0.39 is 142 Å². The van der Waals surface area contributed by atoms with Crippen molar-refractivity contribution in [2.75, 3.05) is 0 Å². The lowest BCUT2D eigenvalue weighted by molar-refractivity contribution is -0.164. The molecule has 258 valence electrons. The van der Waals surface area contributed by atoms with Crippen LogP contribution in [0.3, 0.4) is 0 Å². The van der Waals surface area contributed by atoms with E-state index in [4.69, 9.17) is 10.5 Å². The maximum atomic E-state index is 16.2. The van der Waals surface area contributed by atoms with Crippen LogP contribution in [0.1, 0.15) is 0 Å². The summed E-state index contributed by atoms with van der Waals surface area (Å²) in [5.74, 6) is -21.9. The molecule has 22 heteroatoms. The quantitative estimate of drug-likeness (QED) is 0.217. The van der Waals surface area contributed by atoms with Crippen molar-refractivity contribution in [2.24, 2.45) is 0 Å². The molecule has 1 aliphatic rings. The van der Waals surface area contributed by atoms with Crippen molar-refractivity contribution in [3.8, 4) is 18.2 Å². The third-order valence-electron chi connectivity index (χ3n) is 7.18. The molecule has 4 aromatic rings. The van der Waals surface area contributed by atoms with Gasteiger partial charge in [-0.2, -0.15) is 55.3 Å². The number of nitrogens with zero attached hydrogens (tertiary/aromatic N) is 3. The number of epoxide rings is 1. The third kappa shape index (κ3) is 4.95. The Hall–Kier alpha value is -5.82. The van der Waals surface area contributed by atoms with Gasteiger partial charge in [0, 0.05) is 10.8 Å². The van der Waals surface area contributed by atoms with Gasteiger partial charge < -0.3 is 9.15 Å². The van der Waals surface area contributed by atoms with Gasteiger partial charge in [0.15, 0.2) is 28.9 Å². The van der Waals surface area contributed by atoms with E-state index in [-0.39, 0.29) is 0 Å². The van der Waals surface area contributed by atoms with E-state index in [1.54, 1.807) is 0 Å². The van der Waals surface area contributed by atoms with Crippen LogP contribution in [0, 0.1) is 68.9 Å². The third-order valence-corrected chi connectivity index (χ3v) is 7.18. The molecule has 0 amide bonds. The smallest absolute Gasteiger partial charge is 0.450 e. The van der Waals surface area contributed by atoms with Crippen molar-refractivity contribution in [2.45, 2.75) is 30.7 Å². The Morgan fingerprint density at radius 1 is 0.540 bits per heavy atom. The van der Waals surface area contributed by atoms with Crippen LogP contribution >= 0.6 is 0 Å². The summed E-state index contributed by atoms with van der Waals surface area (Å²) < 4.78 is 223. The predicted octanol–water partition coefficient (Wildman–Crippen LogP) is 4.91. The number of carbonyl (C=O) groups excluding carboxylic acids is 2. The van der Waals surface area contributed by atoms with Crippen LogP contribution in [0.5, 0.6) is 0 Å². The lowest BCUT2D eigenvalue weighted by Gasteiger charge is -2.02. The van der Waals surface area contributed by atoms with Crippen LogP contribution in [-0.2, 0) is 14.3 Å². The molecule has 1 fully saturated rings. The van der Waals surface area contributed by atoms with E-state index in [1.165, 1.54) is 0 Å². The van der Waals surface area contributed by atoms with Gasteiger partial charge in [0.05, 0.1) is 38.1 Å². The van der Waals surface area contributed by atoms with Gasteiger partial charge in [-0.25, -0.2) is 26.3 Å². The largest absolute Gasteiger partial charge is 0.455 e. The highest BCUT2D eigenvalue weighted by Crippen LogP contribution is 2.43. The fraction of sp³-hybridized carbons (Fsp3) is 0.179. The zero-order valence-corrected chi connectivity index (χ0v) is 22.8. The number of halogens is 15. The highest BCUT2D eigenvalue weighted by Gasteiger charge is 2.60. The Bertz CT molecular complexity index is 2430. The topological polar surface area (TPSA) is 131 Å². The first kappa shape index (κ1) is 35.5. The molecule has 0 bridgehead atoms. The Balaban J connectivity index is 2.22. The molecule has 0 spiro atoms. The van der Waals surface area contributed by atoms with E-state index in [1.807, 2.05) is 0 Å². The molecule has 5 rings (SSSR count). The number of hydrogen-bond acceptors (Lipinski definition) is 7. The molecular weight excluding hydrogens is 727 g/mol. The van der Waals surface area contributed by atoms with Gasteiger partial charge in [0.2, 0.25) is 0 Å². The van der Waals surface area contributed by atoms with Crippen LogP contribution in [0.2, 0.25) is 0 Å². The number of alkyl halides is 9. The van der Waals surface area contributed by atoms with E-state index in [0.717, 1.165) is 6.07 Å². The second-order valence-corrected chi connectivity index (χ2v) is 9.94. The summed E-state index contributed by atoms with van der Waals surface area (Å²) in [6, 6.07) is 1.94. The van der Waals surface area contributed by atoms with Crippen LogP contribution < -0.4 is 15.7 Å². The second-order valence-electron chi connectivity index (χ2n) is 9.94. The van der Waals surface area contributed by atoms with E-state index >= 15 is 26.3 Å². The number of hydrogen-bond donors (Lipinski definition) is 0.